The maximum absolute atomic E-state index is 13.2. The number of halogens is 2. The fraction of sp³-hybridized carbons (Fsp3) is 0.0588. The molecule has 0 aliphatic heterocycles. The molecule has 0 radical (unpaired) electrons. The lowest BCUT2D eigenvalue weighted by molar-refractivity contribution is -0.133. The minimum Gasteiger partial charge on any atom is -0.481 e. The van der Waals surface area contributed by atoms with E-state index in [1.807, 2.05) is 12.1 Å². The Kier molecular flexibility index (Phi) is 5.18. The molecule has 3 rings (SSSR count). The average Bonchev–Trinajstić information content (AvgIpc) is 2.98. The summed E-state index contributed by atoms with van der Waals surface area (Å²) in [5.41, 5.74) is 2.44. The summed E-state index contributed by atoms with van der Waals surface area (Å²) in [4.78, 5) is 16.2. The van der Waals surface area contributed by atoms with E-state index in [1.165, 1.54) is 35.2 Å². The van der Waals surface area contributed by atoms with Gasteiger partial charge in [-0.05, 0) is 29.8 Å². The zero-order valence-corrected chi connectivity index (χ0v) is 14.6. The Morgan fingerprint density at radius 2 is 1.75 bits per heavy atom. The average molecular weight is 380 g/mol. The van der Waals surface area contributed by atoms with Crippen molar-refractivity contribution in [3.8, 4) is 21.7 Å². The number of nitrogens with zero attached hydrogens (tertiary/aromatic N) is 1. The molecule has 0 fully saturated rings. The second-order valence-electron chi connectivity index (χ2n) is 4.85. The Balaban J connectivity index is 2.05. The lowest BCUT2D eigenvalue weighted by Crippen LogP contribution is -1.96. The lowest BCUT2D eigenvalue weighted by Gasteiger charge is -2.03. The SMILES string of the molecule is O=C(O)CSc1nc(-c2ccc(Cl)cc2)c(-c2ccc(F)cc2)s1. The number of carboxylic acid groups (broad SMARTS) is 1. The molecule has 0 amide bonds. The molecule has 0 spiro atoms. The van der Waals surface area contributed by atoms with Crippen molar-refractivity contribution < 1.29 is 14.3 Å². The Bertz CT molecular complexity index is 800. The molecule has 0 aliphatic carbocycles. The van der Waals surface area contributed by atoms with Crippen molar-refractivity contribution in [3.05, 3.63) is 59.4 Å². The highest BCUT2D eigenvalue weighted by molar-refractivity contribution is 8.01. The summed E-state index contributed by atoms with van der Waals surface area (Å²) in [7, 11) is 0. The second kappa shape index (κ2) is 7.34. The van der Waals surface area contributed by atoms with E-state index < -0.39 is 5.97 Å². The predicted molar refractivity (Wildman–Crippen MR) is 96.3 cm³/mol. The van der Waals surface area contributed by atoms with E-state index in [1.54, 1.807) is 24.3 Å². The summed E-state index contributed by atoms with van der Waals surface area (Å²) in [6.45, 7) is 0. The van der Waals surface area contributed by atoms with Crippen molar-refractivity contribution in [1.82, 2.24) is 4.98 Å². The fourth-order valence-electron chi connectivity index (χ4n) is 2.09. The molecule has 0 saturated carbocycles. The zero-order chi connectivity index (χ0) is 17.1. The van der Waals surface area contributed by atoms with Crippen molar-refractivity contribution >= 4 is 40.7 Å². The van der Waals surface area contributed by atoms with Crippen LogP contribution in [0.1, 0.15) is 0 Å². The first-order valence-electron chi connectivity index (χ1n) is 6.90. The largest absolute Gasteiger partial charge is 0.481 e. The van der Waals surface area contributed by atoms with Crippen LogP contribution < -0.4 is 0 Å². The molecule has 2 aromatic carbocycles. The molecule has 1 aromatic heterocycles. The molecule has 0 aliphatic rings. The third kappa shape index (κ3) is 3.95. The van der Waals surface area contributed by atoms with Crippen molar-refractivity contribution in [3.63, 3.8) is 0 Å². The van der Waals surface area contributed by atoms with E-state index in [0.29, 0.717) is 9.36 Å². The third-order valence-electron chi connectivity index (χ3n) is 3.15. The monoisotopic (exact) mass is 379 g/mol. The van der Waals surface area contributed by atoms with Gasteiger partial charge in [0.05, 0.1) is 16.3 Å². The molecule has 3 aromatic rings. The molecule has 0 saturated heterocycles. The van der Waals surface area contributed by atoms with Gasteiger partial charge in [-0.25, -0.2) is 9.37 Å². The first-order valence-corrected chi connectivity index (χ1v) is 9.08. The molecule has 1 heterocycles. The molecule has 3 nitrogen and oxygen atoms in total. The van der Waals surface area contributed by atoms with Gasteiger partial charge >= 0.3 is 5.97 Å². The van der Waals surface area contributed by atoms with E-state index in [4.69, 9.17) is 16.7 Å². The Hall–Kier alpha value is -1.89. The van der Waals surface area contributed by atoms with Crippen molar-refractivity contribution in [2.24, 2.45) is 0 Å². The number of thiazole rings is 1. The predicted octanol–water partition coefficient (Wildman–Crippen LogP) is 5.45. The lowest BCUT2D eigenvalue weighted by atomic mass is 10.1. The van der Waals surface area contributed by atoms with E-state index in [9.17, 15) is 9.18 Å². The van der Waals surface area contributed by atoms with Gasteiger partial charge in [0.25, 0.3) is 0 Å². The molecule has 1 N–H and O–H groups in total. The first-order chi connectivity index (χ1) is 11.5. The van der Waals surface area contributed by atoms with Crippen LogP contribution in [0.2, 0.25) is 5.02 Å². The van der Waals surface area contributed by atoms with Crippen molar-refractivity contribution in [1.29, 1.82) is 0 Å². The Labute approximate surface area is 151 Å². The highest BCUT2D eigenvalue weighted by atomic mass is 35.5. The normalized spacial score (nSPS) is 10.8. The van der Waals surface area contributed by atoms with Crippen LogP contribution >= 0.6 is 34.7 Å². The van der Waals surface area contributed by atoms with Gasteiger partial charge in [-0.3, -0.25) is 4.79 Å². The van der Waals surface area contributed by atoms with Crippen LogP contribution in [0.3, 0.4) is 0 Å². The molecule has 7 heteroatoms. The topological polar surface area (TPSA) is 50.2 Å². The van der Waals surface area contributed by atoms with Crippen LogP contribution in [0.25, 0.3) is 21.7 Å². The van der Waals surface area contributed by atoms with Crippen LogP contribution in [0.4, 0.5) is 4.39 Å². The standard InChI is InChI=1S/C17H11ClFNO2S2/c18-12-5-1-10(2-6-12)15-16(11-3-7-13(19)8-4-11)24-17(20-15)23-9-14(21)22/h1-8H,9H2,(H,21,22). The van der Waals surface area contributed by atoms with Crippen LogP contribution in [-0.2, 0) is 4.79 Å². The molecule has 0 unspecified atom stereocenters. The number of rotatable bonds is 5. The van der Waals surface area contributed by atoms with Crippen LogP contribution in [0, 0.1) is 5.82 Å². The number of hydrogen-bond acceptors (Lipinski definition) is 4. The highest BCUT2D eigenvalue weighted by Crippen LogP contribution is 2.40. The van der Waals surface area contributed by atoms with Gasteiger partial charge in [-0.2, -0.15) is 0 Å². The van der Waals surface area contributed by atoms with E-state index in [-0.39, 0.29) is 11.6 Å². The maximum Gasteiger partial charge on any atom is 0.313 e. The van der Waals surface area contributed by atoms with Gasteiger partial charge in [-0.1, -0.05) is 47.6 Å². The first kappa shape index (κ1) is 17.0. The quantitative estimate of drug-likeness (QED) is 0.599. The summed E-state index contributed by atoms with van der Waals surface area (Å²) in [6.07, 6.45) is 0. The molecular weight excluding hydrogens is 369 g/mol. The number of benzene rings is 2. The zero-order valence-electron chi connectivity index (χ0n) is 12.2. The summed E-state index contributed by atoms with van der Waals surface area (Å²) in [5.74, 6) is -1.26. The number of hydrogen-bond donors (Lipinski definition) is 1. The van der Waals surface area contributed by atoms with Gasteiger partial charge in [0.15, 0.2) is 4.34 Å². The minimum absolute atomic E-state index is 0.0591. The van der Waals surface area contributed by atoms with Gasteiger partial charge in [0.1, 0.15) is 5.82 Å². The summed E-state index contributed by atoms with van der Waals surface area (Å²) >= 11 is 8.49. The van der Waals surface area contributed by atoms with Gasteiger partial charge in [0, 0.05) is 10.6 Å². The summed E-state index contributed by atoms with van der Waals surface area (Å²) in [6, 6.07) is 13.4. The number of thioether (sulfide) groups is 1. The van der Waals surface area contributed by atoms with Crippen molar-refractivity contribution in [2.75, 3.05) is 5.75 Å². The smallest absolute Gasteiger partial charge is 0.313 e. The van der Waals surface area contributed by atoms with Gasteiger partial charge in [-0.15, -0.1) is 11.3 Å². The summed E-state index contributed by atoms with van der Waals surface area (Å²) in [5, 5.41) is 9.47. The molecule has 24 heavy (non-hydrogen) atoms. The van der Waals surface area contributed by atoms with E-state index in [2.05, 4.69) is 4.98 Å². The van der Waals surface area contributed by atoms with Crippen LogP contribution in [0.15, 0.2) is 52.9 Å². The van der Waals surface area contributed by atoms with E-state index in [0.717, 1.165) is 21.7 Å². The van der Waals surface area contributed by atoms with Gasteiger partial charge in [0.2, 0.25) is 0 Å². The third-order valence-corrected chi connectivity index (χ3v) is 5.63. The van der Waals surface area contributed by atoms with E-state index >= 15 is 0 Å². The fourth-order valence-corrected chi connectivity index (χ4v) is 4.10. The summed E-state index contributed by atoms with van der Waals surface area (Å²) < 4.78 is 13.8. The van der Waals surface area contributed by atoms with Crippen LogP contribution in [-0.4, -0.2) is 21.8 Å². The van der Waals surface area contributed by atoms with Crippen LogP contribution in [0.5, 0.6) is 0 Å². The molecular formula is C17H11ClFNO2S2. The minimum atomic E-state index is -0.897. The van der Waals surface area contributed by atoms with Gasteiger partial charge < -0.3 is 5.11 Å². The Morgan fingerprint density at radius 1 is 1.12 bits per heavy atom. The maximum atomic E-state index is 13.2. The number of carbonyl (C=O) groups is 1. The Morgan fingerprint density at radius 3 is 2.38 bits per heavy atom. The number of aromatic nitrogens is 1. The second-order valence-corrected chi connectivity index (χ2v) is 7.51. The highest BCUT2D eigenvalue weighted by Gasteiger charge is 2.16. The number of carboxylic acids is 1. The molecule has 0 atom stereocenters. The number of aliphatic carboxylic acids is 1. The molecule has 122 valence electrons. The molecule has 0 bridgehead atoms. The van der Waals surface area contributed by atoms with Crippen molar-refractivity contribution in [2.45, 2.75) is 4.34 Å².